The van der Waals surface area contributed by atoms with Gasteiger partial charge in [-0.25, -0.2) is 0 Å². The number of benzene rings is 2. The van der Waals surface area contributed by atoms with E-state index in [1.165, 1.54) is 0 Å². The summed E-state index contributed by atoms with van der Waals surface area (Å²) in [5, 5.41) is 0. The highest BCUT2D eigenvalue weighted by atomic mass is 16.5. The second-order valence-corrected chi connectivity index (χ2v) is 8.20. The molecule has 170 valence electrons. The molecule has 2 aromatic rings. The lowest BCUT2D eigenvalue weighted by Gasteiger charge is -2.39. The zero-order valence-corrected chi connectivity index (χ0v) is 18.4. The molecule has 0 aromatic heterocycles. The van der Waals surface area contributed by atoms with Gasteiger partial charge in [0.2, 0.25) is 5.91 Å². The third-order valence-corrected chi connectivity index (χ3v) is 6.12. The molecule has 4 rings (SSSR count). The van der Waals surface area contributed by atoms with Gasteiger partial charge in [-0.2, -0.15) is 0 Å². The Balaban J connectivity index is 1.47. The molecule has 2 aliphatic rings. The number of hydrogen-bond donors (Lipinski definition) is 0. The van der Waals surface area contributed by atoms with E-state index in [4.69, 9.17) is 14.2 Å². The number of methoxy groups -OCH3 is 1. The van der Waals surface area contributed by atoms with Crippen LogP contribution in [0, 0.1) is 5.92 Å². The van der Waals surface area contributed by atoms with E-state index in [9.17, 15) is 9.59 Å². The van der Waals surface area contributed by atoms with E-state index >= 15 is 0 Å². The standard InChI is InChI=1S/C25H30N2O5/c1-30-21-9-7-19(8-10-21)25(29)27-12-11-23(32-22-5-3-2-4-6-22)20(18-27)17-24(28)26-13-15-31-16-14-26/h2-10,20,23H,11-18H2,1H3/t20-,23-/m0/s1. The van der Waals surface area contributed by atoms with Crippen LogP contribution in [0.3, 0.4) is 0 Å². The minimum Gasteiger partial charge on any atom is -0.497 e. The fraction of sp³-hybridized carbons (Fsp3) is 0.440. The summed E-state index contributed by atoms with van der Waals surface area (Å²) in [4.78, 5) is 29.8. The van der Waals surface area contributed by atoms with E-state index in [1.54, 1.807) is 31.4 Å². The number of rotatable bonds is 6. The van der Waals surface area contributed by atoms with Gasteiger partial charge in [-0.1, -0.05) is 18.2 Å². The number of amides is 2. The van der Waals surface area contributed by atoms with Gasteiger partial charge in [-0.15, -0.1) is 0 Å². The van der Waals surface area contributed by atoms with E-state index in [2.05, 4.69) is 0 Å². The summed E-state index contributed by atoms with van der Waals surface area (Å²) in [6.07, 6.45) is 0.907. The van der Waals surface area contributed by atoms with Gasteiger partial charge in [0.15, 0.2) is 0 Å². The molecule has 2 amide bonds. The number of para-hydroxylation sites is 1. The highest BCUT2D eigenvalue weighted by molar-refractivity contribution is 5.94. The molecule has 0 spiro atoms. The molecule has 2 fully saturated rings. The average molecular weight is 439 g/mol. The number of piperidine rings is 1. The zero-order chi connectivity index (χ0) is 22.3. The average Bonchev–Trinajstić information content (AvgIpc) is 2.86. The normalized spacial score (nSPS) is 21.2. The molecule has 0 radical (unpaired) electrons. The number of carbonyl (C=O) groups excluding carboxylic acids is 2. The largest absolute Gasteiger partial charge is 0.497 e. The lowest BCUT2D eigenvalue weighted by atomic mass is 9.90. The number of morpholine rings is 1. The molecular formula is C25H30N2O5. The highest BCUT2D eigenvalue weighted by Crippen LogP contribution is 2.27. The third kappa shape index (κ3) is 5.40. The molecule has 0 saturated carbocycles. The molecule has 0 N–H and O–H groups in total. The Hall–Kier alpha value is -3.06. The Morgan fingerprint density at radius 3 is 2.34 bits per heavy atom. The molecule has 0 aliphatic carbocycles. The highest BCUT2D eigenvalue weighted by Gasteiger charge is 2.35. The smallest absolute Gasteiger partial charge is 0.253 e. The van der Waals surface area contributed by atoms with Crippen LogP contribution in [0.25, 0.3) is 0 Å². The van der Waals surface area contributed by atoms with Crippen molar-refractivity contribution in [2.45, 2.75) is 18.9 Å². The Labute approximate surface area is 188 Å². The molecule has 2 aromatic carbocycles. The number of likely N-dealkylation sites (tertiary alicyclic amines) is 1. The summed E-state index contributed by atoms with van der Waals surface area (Å²) < 4.78 is 16.8. The Bertz CT molecular complexity index is 896. The van der Waals surface area contributed by atoms with Crippen molar-refractivity contribution < 1.29 is 23.8 Å². The zero-order valence-electron chi connectivity index (χ0n) is 18.4. The van der Waals surface area contributed by atoms with E-state index in [0.29, 0.717) is 63.5 Å². The second kappa shape index (κ2) is 10.5. The van der Waals surface area contributed by atoms with Gasteiger partial charge in [0.1, 0.15) is 17.6 Å². The monoisotopic (exact) mass is 438 g/mol. The molecular weight excluding hydrogens is 408 g/mol. The molecule has 7 nitrogen and oxygen atoms in total. The fourth-order valence-corrected chi connectivity index (χ4v) is 4.30. The second-order valence-electron chi connectivity index (χ2n) is 8.20. The first-order valence-corrected chi connectivity index (χ1v) is 11.1. The summed E-state index contributed by atoms with van der Waals surface area (Å²) in [6.45, 7) is 3.45. The summed E-state index contributed by atoms with van der Waals surface area (Å²) in [5.41, 5.74) is 0.617. The first-order chi connectivity index (χ1) is 15.6. The Morgan fingerprint density at radius 2 is 1.66 bits per heavy atom. The van der Waals surface area contributed by atoms with E-state index in [1.807, 2.05) is 40.1 Å². The van der Waals surface area contributed by atoms with Crippen LogP contribution in [0.5, 0.6) is 11.5 Å². The maximum atomic E-state index is 13.1. The van der Waals surface area contributed by atoms with Crippen LogP contribution in [-0.2, 0) is 9.53 Å². The van der Waals surface area contributed by atoms with Crippen molar-refractivity contribution in [2.24, 2.45) is 5.92 Å². The lowest BCUT2D eigenvalue weighted by Crippen LogP contribution is -2.50. The van der Waals surface area contributed by atoms with Crippen molar-refractivity contribution in [3.05, 3.63) is 60.2 Å². The van der Waals surface area contributed by atoms with Gasteiger partial charge < -0.3 is 24.0 Å². The van der Waals surface area contributed by atoms with Crippen LogP contribution in [0.15, 0.2) is 54.6 Å². The number of hydrogen-bond acceptors (Lipinski definition) is 5. The Kier molecular flexibility index (Phi) is 7.27. The molecule has 2 saturated heterocycles. The van der Waals surface area contributed by atoms with Crippen LogP contribution in [-0.4, -0.2) is 74.2 Å². The molecule has 7 heteroatoms. The van der Waals surface area contributed by atoms with E-state index < -0.39 is 0 Å². The predicted octanol–water partition coefficient (Wildman–Crippen LogP) is 2.85. The predicted molar refractivity (Wildman–Crippen MR) is 120 cm³/mol. The van der Waals surface area contributed by atoms with Crippen molar-refractivity contribution in [2.75, 3.05) is 46.5 Å². The minimum atomic E-state index is -0.123. The van der Waals surface area contributed by atoms with Gasteiger partial charge >= 0.3 is 0 Å². The molecule has 32 heavy (non-hydrogen) atoms. The van der Waals surface area contributed by atoms with Crippen molar-refractivity contribution in [3.63, 3.8) is 0 Å². The number of carbonyl (C=O) groups is 2. The van der Waals surface area contributed by atoms with Gasteiger partial charge in [0.25, 0.3) is 5.91 Å². The molecule has 2 heterocycles. The maximum Gasteiger partial charge on any atom is 0.253 e. The van der Waals surface area contributed by atoms with Crippen LogP contribution in [0.4, 0.5) is 0 Å². The van der Waals surface area contributed by atoms with Crippen molar-refractivity contribution in [1.29, 1.82) is 0 Å². The quantitative estimate of drug-likeness (QED) is 0.694. The molecule has 2 aliphatic heterocycles. The van der Waals surface area contributed by atoms with Gasteiger partial charge in [-0.3, -0.25) is 9.59 Å². The topological polar surface area (TPSA) is 68.3 Å². The molecule has 0 bridgehead atoms. The van der Waals surface area contributed by atoms with Crippen LogP contribution in [0.1, 0.15) is 23.2 Å². The first-order valence-electron chi connectivity index (χ1n) is 11.1. The van der Waals surface area contributed by atoms with Gasteiger partial charge in [0.05, 0.1) is 20.3 Å². The first kappa shape index (κ1) is 22.1. The van der Waals surface area contributed by atoms with E-state index in [-0.39, 0.29) is 23.8 Å². The number of ether oxygens (including phenoxy) is 3. The lowest BCUT2D eigenvalue weighted by molar-refractivity contribution is -0.137. The van der Waals surface area contributed by atoms with Crippen LogP contribution < -0.4 is 9.47 Å². The summed E-state index contributed by atoms with van der Waals surface area (Å²) in [7, 11) is 1.60. The van der Waals surface area contributed by atoms with Crippen molar-refractivity contribution in [1.82, 2.24) is 9.80 Å². The summed E-state index contributed by atoms with van der Waals surface area (Å²) in [5.74, 6) is 1.48. The minimum absolute atomic E-state index is 0.0327. The number of nitrogens with zero attached hydrogens (tertiary/aromatic N) is 2. The molecule has 0 unspecified atom stereocenters. The maximum absolute atomic E-state index is 13.1. The van der Waals surface area contributed by atoms with Gasteiger partial charge in [0, 0.05) is 50.5 Å². The van der Waals surface area contributed by atoms with Crippen molar-refractivity contribution >= 4 is 11.8 Å². The van der Waals surface area contributed by atoms with Gasteiger partial charge in [-0.05, 0) is 36.4 Å². The van der Waals surface area contributed by atoms with E-state index in [0.717, 1.165) is 5.75 Å². The van der Waals surface area contributed by atoms with Crippen molar-refractivity contribution in [3.8, 4) is 11.5 Å². The van der Waals surface area contributed by atoms with Crippen LogP contribution >= 0.6 is 0 Å². The Morgan fingerprint density at radius 1 is 0.938 bits per heavy atom. The van der Waals surface area contributed by atoms with Crippen LogP contribution in [0.2, 0.25) is 0 Å². The fourth-order valence-electron chi connectivity index (χ4n) is 4.30. The summed E-state index contributed by atoms with van der Waals surface area (Å²) in [6, 6.07) is 16.8. The SMILES string of the molecule is COc1ccc(C(=O)N2CC[C@H](Oc3ccccc3)[C@@H](CC(=O)N3CCOCC3)C2)cc1. The molecule has 2 atom stereocenters. The third-order valence-electron chi connectivity index (χ3n) is 6.12. The summed E-state index contributed by atoms with van der Waals surface area (Å²) >= 11 is 0.